The lowest BCUT2D eigenvalue weighted by Crippen LogP contribution is -2.29. The van der Waals surface area contributed by atoms with Crippen LogP contribution in [-0.2, 0) is 6.42 Å². The van der Waals surface area contributed by atoms with E-state index in [4.69, 9.17) is 21.8 Å². The number of rotatable bonds is 5. The molecule has 0 aliphatic heterocycles. The molecule has 0 saturated carbocycles. The maximum Gasteiger partial charge on any atom is 0.103 e. The monoisotopic (exact) mass is 260 g/mol. The predicted molar refractivity (Wildman–Crippen MR) is 70.2 cm³/mol. The minimum absolute atomic E-state index is 0.415. The smallest absolute Gasteiger partial charge is 0.103 e. The lowest BCUT2D eigenvalue weighted by Gasteiger charge is -2.15. The number of halogens is 1. The Morgan fingerprint density at radius 2 is 1.59 bits per heavy atom. The molecule has 4 heteroatoms. The van der Waals surface area contributed by atoms with Crippen molar-refractivity contribution < 1.29 is 15.3 Å². The van der Waals surface area contributed by atoms with Crippen LogP contribution in [0.3, 0.4) is 0 Å². The third kappa shape index (κ3) is 6.64. The molecule has 2 atom stereocenters. The van der Waals surface area contributed by atoms with Gasteiger partial charge in [-0.25, -0.2) is 0 Å². The summed E-state index contributed by atoms with van der Waals surface area (Å²) in [4.78, 5) is 0. The quantitative estimate of drug-likeness (QED) is 0.759. The molecule has 0 saturated heterocycles. The van der Waals surface area contributed by atoms with Gasteiger partial charge in [0.1, 0.15) is 6.10 Å². The van der Waals surface area contributed by atoms with Gasteiger partial charge in [-0.05, 0) is 30.5 Å². The van der Waals surface area contributed by atoms with E-state index in [2.05, 4.69) is 0 Å². The highest BCUT2D eigenvalue weighted by Gasteiger charge is 2.14. The summed E-state index contributed by atoms with van der Waals surface area (Å²) in [6.07, 6.45) is -0.873. The highest BCUT2D eigenvalue weighted by atomic mass is 35.5. The van der Waals surface area contributed by atoms with Gasteiger partial charge in [0.15, 0.2) is 0 Å². The molecule has 0 aliphatic rings. The highest BCUT2D eigenvalue weighted by molar-refractivity contribution is 6.30. The molecule has 0 amide bonds. The molecule has 0 bridgehead atoms. The summed E-state index contributed by atoms with van der Waals surface area (Å²) < 4.78 is 0. The van der Waals surface area contributed by atoms with E-state index in [0.717, 1.165) is 5.56 Å². The molecular formula is C13H21ClO3. The molecule has 0 fully saturated rings. The van der Waals surface area contributed by atoms with Crippen LogP contribution < -0.4 is 0 Å². The molecule has 1 rings (SSSR count). The van der Waals surface area contributed by atoms with E-state index < -0.39 is 18.8 Å². The summed E-state index contributed by atoms with van der Waals surface area (Å²) in [5.41, 5.74) is 1.04. The van der Waals surface area contributed by atoms with Crippen LogP contribution in [0, 0.1) is 0 Å². The standard InChI is InChI=1S/C11H15ClO3.C2H6/c12-9-4-1-8(2-5-9)3-6-10(14)11(15)7-13;1-2/h1-2,4-5,10-11,13-15H,3,6-7H2;1-2H3. The summed E-state index contributed by atoms with van der Waals surface area (Å²) in [7, 11) is 0. The normalized spacial score (nSPS) is 13.5. The fourth-order valence-corrected chi connectivity index (χ4v) is 1.41. The molecule has 0 spiro atoms. The molecule has 98 valence electrons. The van der Waals surface area contributed by atoms with E-state index >= 15 is 0 Å². The van der Waals surface area contributed by atoms with Gasteiger partial charge < -0.3 is 15.3 Å². The number of hydrogen-bond donors (Lipinski definition) is 3. The molecule has 1 aromatic carbocycles. The van der Waals surface area contributed by atoms with E-state index in [1.807, 2.05) is 26.0 Å². The summed E-state index contributed by atoms with van der Waals surface area (Å²) in [6, 6.07) is 7.32. The maximum atomic E-state index is 9.40. The largest absolute Gasteiger partial charge is 0.394 e. The van der Waals surface area contributed by atoms with E-state index in [-0.39, 0.29) is 0 Å². The van der Waals surface area contributed by atoms with Crippen LogP contribution in [0.25, 0.3) is 0 Å². The van der Waals surface area contributed by atoms with Crippen molar-refractivity contribution in [1.29, 1.82) is 0 Å². The number of aliphatic hydroxyl groups is 3. The first-order valence-corrected chi connectivity index (χ1v) is 6.22. The molecule has 0 radical (unpaired) electrons. The van der Waals surface area contributed by atoms with Gasteiger partial charge in [0.2, 0.25) is 0 Å². The Labute approximate surface area is 108 Å². The van der Waals surface area contributed by atoms with Gasteiger partial charge in [0.05, 0.1) is 12.7 Å². The van der Waals surface area contributed by atoms with Crippen LogP contribution >= 0.6 is 11.6 Å². The Morgan fingerprint density at radius 3 is 2.06 bits per heavy atom. The zero-order valence-corrected chi connectivity index (χ0v) is 11.1. The average molecular weight is 261 g/mol. The van der Waals surface area contributed by atoms with Crippen molar-refractivity contribution >= 4 is 11.6 Å². The summed E-state index contributed by atoms with van der Waals surface area (Å²) >= 11 is 5.72. The third-order valence-electron chi connectivity index (χ3n) is 2.27. The molecular weight excluding hydrogens is 240 g/mol. The number of hydrogen-bond acceptors (Lipinski definition) is 3. The van der Waals surface area contributed by atoms with Crippen molar-refractivity contribution in [3.63, 3.8) is 0 Å². The first kappa shape index (κ1) is 16.4. The number of benzene rings is 1. The van der Waals surface area contributed by atoms with E-state index in [1.165, 1.54) is 0 Å². The van der Waals surface area contributed by atoms with Crippen molar-refractivity contribution in [2.24, 2.45) is 0 Å². The topological polar surface area (TPSA) is 60.7 Å². The van der Waals surface area contributed by atoms with Crippen molar-refractivity contribution in [3.05, 3.63) is 34.9 Å². The zero-order valence-electron chi connectivity index (χ0n) is 10.3. The lowest BCUT2D eigenvalue weighted by molar-refractivity contribution is -0.0172. The second-order valence-electron chi connectivity index (χ2n) is 3.48. The molecule has 0 aliphatic carbocycles. The van der Waals surface area contributed by atoms with E-state index in [0.29, 0.717) is 17.9 Å². The lowest BCUT2D eigenvalue weighted by atomic mass is 10.0. The van der Waals surface area contributed by atoms with Crippen molar-refractivity contribution in [2.45, 2.75) is 38.9 Å². The Morgan fingerprint density at radius 1 is 1.06 bits per heavy atom. The first-order chi connectivity index (χ1) is 8.13. The Kier molecular flexibility index (Phi) is 9.09. The van der Waals surface area contributed by atoms with Gasteiger partial charge >= 0.3 is 0 Å². The minimum Gasteiger partial charge on any atom is -0.394 e. The summed E-state index contributed by atoms with van der Waals surface area (Å²) in [5, 5.41) is 27.8. The fraction of sp³-hybridized carbons (Fsp3) is 0.538. The van der Waals surface area contributed by atoms with Gasteiger partial charge in [-0.2, -0.15) is 0 Å². The summed E-state index contributed by atoms with van der Waals surface area (Å²) in [6.45, 7) is 3.59. The molecule has 3 N–H and O–H groups in total. The van der Waals surface area contributed by atoms with Crippen molar-refractivity contribution in [1.82, 2.24) is 0 Å². The Bertz CT molecular complexity index is 287. The Balaban J connectivity index is 0.00000121. The number of aliphatic hydroxyl groups excluding tert-OH is 3. The second kappa shape index (κ2) is 9.42. The van der Waals surface area contributed by atoms with Gasteiger partial charge in [0, 0.05) is 5.02 Å². The van der Waals surface area contributed by atoms with E-state index in [1.54, 1.807) is 12.1 Å². The van der Waals surface area contributed by atoms with Crippen LogP contribution in [0.15, 0.2) is 24.3 Å². The second-order valence-corrected chi connectivity index (χ2v) is 3.92. The van der Waals surface area contributed by atoms with Crippen molar-refractivity contribution in [2.75, 3.05) is 6.61 Å². The van der Waals surface area contributed by atoms with Gasteiger partial charge in [-0.1, -0.05) is 37.6 Å². The Hall–Kier alpha value is -0.610. The van der Waals surface area contributed by atoms with Crippen LogP contribution in [0.4, 0.5) is 0 Å². The van der Waals surface area contributed by atoms with Gasteiger partial charge in [0.25, 0.3) is 0 Å². The zero-order chi connectivity index (χ0) is 13.3. The molecule has 1 aromatic rings. The SMILES string of the molecule is CC.OCC(O)C(O)CCc1ccc(Cl)cc1. The summed E-state index contributed by atoms with van der Waals surface area (Å²) in [5.74, 6) is 0. The maximum absolute atomic E-state index is 9.40. The first-order valence-electron chi connectivity index (χ1n) is 5.85. The minimum atomic E-state index is -1.06. The number of aryl methyl sites for hydroxylation is 1. The van der Waals surface area contributed by atoms with E-state index in [9.17, 15) is 5.11 Å². The highest BCUT2D eigenvalue weighted by Crippen LogP contribution is 2.12. The third-order valence-corrected chi connectivity index (χ3v) is 2.53. The average Bonchev–Trinajstić information content (AvgIpc) is 2.39. The molecule has 2 unspecified atom stereocenters. The van der Waals surface area contributed by atoms with Gasteiger partial charge in [-0.3, -0.25) is 0 Å². The van der Waals surface area contributed by atoms with Crippen LogP contribution in [-0.4, -0.2) is 34.1 Å². The van der Waals surface area contributed by atoms with Crippen LogP contribution in [0.2, 0.25) is 5.02 Å². The molecule has 0 aromatic heterocycles. The van der Waals surface area contributed by atoms with Crippen LogP contribution in [0.1, 0.15) is 25.8 Å². The molecule has 17 heavy (non-hydrogen) atoms. The van der Waals surface area contributed by atoms with Crippen LogP contribution in [0.5, 0.6) is 0 Å². The molecule has 0 heterocycles. The van der Waals surface area contributed by atoms with Gasteiger partial charge in [-0.15, -0.1) is 0 Å². The predicted octanol–water partition coefficient (Wildman–Crippen LogP) is 2.01. The molecule has 3 nitrogen and oxygen atoms in total. The van der Waals surface area contributed by atoms with Crippen molar-refractivity contribution in [3.8, 4) is 0 Å². The fourth-order valence-electron chi connectivity index (χ4n) is 1.28.